The lowest BCUT2D eigenvalue weighted by molar-refractivity contribution is -0.126. The number of piperazine rings is 1. The number of aryl methyl sites for hydroxylation is 1. The number of furan rings is 1. The lowest BCUT2D eigenvalue weighted by atomic mass is 10.2. The molecule has 0 aromatic carbocycles. The van der Waals surface area contributed by atoms with Crippen LogP contribution >= 0.6 is 11.5 Å². The zero-order valence-electron chi connectivity index (χ0n) is 13.3. The number of hydrogen-bond acceptors (Lipinski definition) is 7. The highest BCUT2D eigenvalue weighted by Crippen LogP contribution is 2.20. The fourth-order valence-corrected chi connectivity index (χ4v) is 3.25. The highest BCUT2D eigenvalue weighted by molar-refractivity contribution is 7.09. The molecule has 1 aliphatic heterocycles. The van der Waals surface area contributed by atoms with E-state index in [2.05, 4.69) is 14.3 Å². The van der Waals surface area contributed by atoms with E-state index < -0.39 is 0 Å². The Morgan fingerprint density at radius 1 is 1.46 bits per heavy atom. The largest absolute Gasteiger partial charge is 0.465 e. The lowest BCUT2D eigenvalue weighted by Gasteiger charge is -2.34. The molecule has 0 bridgehead atoms. The summed E-state index contributed by atoms with van der Waals surface area (Å²) < 4.78 is 9.46. The summed E-state index contributed by atoms with van der Waals surface area (Å²) in [7, 11) is 0. The van der Waals surface area contributed by atoms with Crippen LogP contribution in [0.15, 0.2) is 28.4 Å². The highest BCUT2D eigenvalue weighted by Gasteiger charge is 2.25. The normalized spacial score (nSPS) is 15.4. The molecule has 7 nitrogen and oxygen atoms in total. The Balaban J connectivity index is 1.63. The Hall–Kier alpha value is -2.66. The Bertz CT molecular complexity index is 767. The van der Waals surface area contributed by atoms with E-state index in [1.807, 2.05) is 13.0 Å². The molecule has 3 rings (SSSR count). The molecule has 124 valence electrons. The molecule has 2 aromatic heterocycles. The molecule has 8 heteroatoms. The van der Waals surface area contributed by atoms with Gasteiger partial charge in [0.2, 0.25) is 5.13 Å². The van der Waals surface area contributed by atoms with Gasteiger partial charge >= 0.3 is 0 Å². The minimum Gasteiger partial charge on any atom is -0.465 e. The van der Waals surface area contributed by atoms with Gasteiger partial charge in [0.15, 0.2) is 0 Å². The number of carbonyl (C=O) groups excluding carboxylic acids is 1. The van der Waals surface area contributed by atoms with Crippen LogP contribution in [0.4, 0.5) is 5.13 Å². The van der Waals surface area contributed by atoms with Crippen molar-refractivity contribution in [1.29, 1.82) is 5.26 Å². The van der Waals surface area contributed by atoms with Crippen molar-refractivity contribution in [2.45, 2.75) is 13.3 Å². The van der Waals surface area contributed by atoms with Gasteiger partial charge in [-0.2, -0.15) is 9.64 Å². The second-order valence-electron chi connectivity index (χ2n) is 5.31. The second-order valence-corrected chi connectivity index (χ2v) is 6.04. The monoisotopic (exact) mass is 343 g/mol. The summed E-state index contributed by atoms with van der Waals surface area (Å²) in [5.41, 5.74) is 0.0857. The van der Waals surface area contributed by atoms with E-state index >= 15 is 0 Å². The number of nitriles is 1. The molecule has 1 aliphatic rings. The van der Waals surface area contributed by atoms with Gasteiger partial charge in [0.1, 0.15) is 23.2 Å². The van der Waals surface area contributed by atoms with Gasteiger partial charge < -0.3 is 14.2 Å². The van der Waals surface area contributed by atoms with Crippen molar-refractivity contribution in [1.82, 2.24) is 14.3 Å². The predicted octanol–water partition coefficient (Wildman–Crippen LogP) is 1.95. The summed E-state index contributed by atoms with van der Waals surface area (Å²) in [6.07, 6.45) is 3.81. The molecule has 3 heterocycles. The first-order valence-electron chi connectivity index (χ1n) is 7.73. The van der Waals surface area contributed by atoms with Crippen LogP contribution in [0.2, 0.25) is 0 Å². The van der Waals surface area contributed by atoms with Gasteiger partial charge in [-0.15, -0.1) is 0 Å². The average Bonchev–Trinajstić information content (AvgIpc) is 3.30. The molecule has 0 aliphatic carbocycles. The molecule has 0 N–H and O–H groups in total. The van der Waals surface area contributed by atoms with Crippen LogP contribution in [0.3, 0.4) is 0 Å². The number of anilines is 1. The van der Waals surface area contributed by atoms with Crippen molar-refractivity contribution in [2.75, 3.05) is 31.1 Å². The lowest BCUT2D eigenvalue weighted by Crippen LogP contribution is -2.49. The minimum atomic E-state index is -0.264. The number of rotatable bonds is 4. The van der Waals surface area contributed by atoms with Crippen molar-refractivity contribution in [3.8, 4) is 6.07 Å². The summed E-state index contributed by atoms with van der Waals surface area (Å²) in [6.45, 7) is 4.50. The molecular formula is C16H17N5O2S. The van der Waals surface area contributed by atoms with Crippen LogP contribution in [0.1, 0.15) is 18.5 Å². The number of carbonyl (C=O) groups is 1. The molecule has 2 aromatic rings. The summed E-state index contributed by atoms with van der Waals surface area (Å²) in [5.74, 6) is 1.08. The van der Waals surface area contributed by atoms with Crippen LogP contribution in [-0.2, 0) is 11.2 Å². The molecule has 1 amide bonds. The summed E-state index contributed by atoms with van der Waals surface area (Å²) in [5, 5.41) is 10.1. The van der Waals surface area contributed by atoms with E-state index in [-0.39, 0.29) is 11.5 Å². The van der Waals surface area contributed by atoms with Crippen molar-refractivity contribution >= 4 is 28.6 Å². The van der Waals surface area contributed by atoms with Gasteiger partial charge in [0.05, 0.1) is 6.26 Å². The summed E-state index contributed by atoms with van der Waals surface area (Å²) in [6, 6.07) is 5.40. The number of nitrogens with zero attached hydrogens (tertiary/aromatic N) is 5. The van der Waals surface area contributed by atoms with Crippen LogP contribution in [0.5, 0.6) is 0 Å². The molecule has 0 unspecified atom stereocenters. The van der Waals surface area contributed by atoms with E-state index in [1.54, 1.807) is 17.0 Å². The maximum absolute atomic E-state index is 12.5. The SMILES string of the molecule is CCc1nsc(N2CCN(C(=O)/C(C#N)=C\c3ccco3)CC2)n1. The third-order valence-corrected chi connectivity index (χ3v) is 4.61. The van der Waals surface area contributed by atoms with Crippen molar-refractivity contribution < 1.29 is 9.21 Å². The topological polar surface area (TPSA) is 86.3 Å². The Kier molecular flexibility index (Phi) is 4.91. The van der Waals surface area contributed by atoms with E-state index in [1.165, 1.54) is 23.9 Å². The van der Waals surface area contributed by atoms with Gasteiger partial charge in [0, 0.05) is 50.2 Å². The van der Waals surface area contributed by atoms with E-state index in [9.17, 15) is 10.1 Å². The maximum atomic E-state index is 12.5. The number of hydrogen-bond donors (Lipinski definition) is 0. The maximum Gasteiger partial charge on any atom is 0.264 e. The van der Waals surface area contributed by atoms with E-state index in [4.69, 9.17) is 4.42 Å². The molecule has 24 heavy (non-hydrogen) atoms. The van der Waals surface area contributed by atoms with Crippen LogP contribution in [0, 0.1) is 11.3 Å². The van der Waals surface area contributed by atoms with Gasteiger partial charge in [-0.3, -0.25) is 4.79 Å². The smallest absolute Gasteiger partial charge is 0.264 e. The number of amides is 1. The van der Waals surface area contributed by atoms with E-state index in [0.717, 1.165) is 17.4 Å². The molecule has 0 radical (unpaired) electrons. The minimum absolute atomic E-state index is 0.0857. The first-order valence-corrected chi connectivity index (χ1v) is 8.50. The Morgan fingerprint density at radius 2 is 2.25 bits per heavy atom. The van der Waals surface area contributed by atoms with Crippen LogP contribution in [-0.4, -0.2) is 46.3 Å². The molecule has 0 saturated carbocycles. The van der Waals surface area contributed by atoms with Crippen LogP contribution in [0.25, 0.3) is 6.08 Å². The molecular weight excluding hydrogens is 326 g/mol. The zero-order valence-corrected chi connectivity index (χ0v) is 14.1. The standard InChI is InChI=1S/C16H17N5O2S/c1-2-14-18-16(24-19-14)21-7-5-20(6-8-21)15(22)12(11-17)10-13-4-3-9-23-13/h3-4,9-10H,2,5-8H2,1H3/b12-10-. The summed E-state index contributed by atoms with van der Waals surface area (Å²) >= 11 is 1.39. The quantitative estimate of drug-likeness (QED) is 0.623. The second kappa shape index (κ2) is 7.27. The third kappa shape index (κ3) is 3.46. The number of aromatic nitrogens is 2. The molecule has 1 fully saturated rings. The van der Waals surface area contributed by atoms with Gasteiger partial charge in [-0.25, -0.2) is 4.98 Å². The first-order chi connectivity index (χ1) is 11.7. The van der Waals surface area contributed by atoms with Gasteiger partial charge in [0.25, 0.3) is 5.91 Å². The molecule has 1 saturated heterocycles. The fourth-order valence-electron chi connectivity index (χ4n) is 2.45. The average molecular weight is 343 g/mol. The predicted molar refractivity (Wildman–Crippen MR) is 90.4 cm³/mol. The Labute approximate surface area is 144 Å². The zero-order chi connectivity index (χ0) is 16.9. The van der Waals surface area contributed by atoms with Crippen molar-refractivity contribution in [2.24, 2.45) is 0 Å². The summed E-state index contributed by atoms with van der Waals surface area (Å²) in [4.78, 5) is 20.8. The molecule has 0 atom stereocenters. The highest BCUT2D eigenvalue weighted by atomic mass is 32.1. The van der Waals surface area contributed by atoms with Crippen molar-refractivity contribution in [3.63, 3.8) is 0 Å². The van der Waals surface area contributed by atoms with Crippen molar-refractivity contribution in [3.05, 3.63) is 35.6 Å². The fraction of sp³-hybridized carbons (Fsp3) is 0.375. The Morgan fingerprint density at radius 3 is 2.83 bits per heavy atom. The molecule has 0 spiro atoms. The van der Waals surface area contributed by atoms with Gasteiger partial charge in [-0.1, -0.05) is 6.92 Å². The van der Waals surface area contributed by atoms with Gasteiger partial charge in [-0.05, 0) is 12.1 Å². The third-order valence-electron chi connectivity index (χ3n) is 3.79. The first kappa shape index (κ1) is 16.2. The van der Waals surface area contributed by atoms with Crippen LogP contribution < -0.4 is 4.90 Å². The van der Waals surface area contributed by atoms with E-state index in [0.29, 0.717) is 31.9 Å².